The normalized spacial score (nSPS) is 13.9. The Hall–Kier alpha value is -1.55. The van der Waals surface area contributed by atoms with Gasteiger partial charge in [-0.2, -0.15) is 0 Å². The number of hydrogen-bond donors (Lipinski definition) is 2. The Morgan fingerprint density at radius 1 is 1.47 bits per heavy atom. The van der Waals surface area contributed by atoms with Gasteiger partial charge in [-0.15, -0.1) is 0 Å². The third kappa shape index (κ3) is 3.75. The van der Waals surface area contributed by atoms with Gasteiger partial charge in [-0.25, -0.2) is 0 Å². The third-order valence-electron chi connectivity index (χ3n) is 2.92. The largest absolute Gasteiger partial charge is 0.497 e. The highest BCUT2D eigenvalue weighted by atomic mass is 16.5. The molecule has 2 unspecified atom stereocenters. The van der Waals surface area contributed by atoms with Crippen molar-refractivity contribution in [1.82, 2.24) is 5.32 Å². The first-order chi connectivity index (χ1) is 8.08. The lowest BCUT2D eigenvalue weighted by atomic mass is 10.0. The van der Waals surface area contributed by atoms with Gasteiger partial charge in [0.25, 0.3) is 5.91 Å². The van der Waals surface area contributed by atoms with Crippen molar-refractivity contribution in [3.8, 4) is 5.75 Å². The molecule has 3 N–H and O–H groups in total. The van der Waals surface area contributed by atoms with Crippen molar-refractivity contribution < 1.29 is 9.53 Å². The van der Waals surface area contributed by atoms with Gasteiger partial charge in [0.05, 0.1) is 7.11 Å². The van der Waals surface area contributed by atoms with Crippen LogP contribution in [0.15, 0.2) is 24.3 Å². The summed E-state index contributed by atoms with van der Waals surface area (Å²) in [6, 6.07) is 7.14. The summed E-state index contributed by atoms with van der Waals surface area (Å²) in [5.41, 5.74) is 6.16. The predicted molar refractivity (Wildman–Crippen MR) is 68.1 cm³/mol. The SMILES string of the molecule is COc1cccc(C(=O)NC(C)C(C)CN)c1. The lowest BCUT2D eigenvalue weighted by molar-refractivity contribution is 0.0929. The second kappa shape index (κ2) is 6.25. The van der Waals surface area contributed by atoms with E-state index in [0.717, 1.165) is 0 Å². The van der Waals surface area contributed by atoms with E-state index in [1.54, 1.807) is 25.3 Å². The second-order valence-corrected chi connectivity index (χ2v) is 4.21. The zero-order chi connectivity index (χ0) is 12.8. The number of hydrogen-bond acceptors (Lipinski definition) is 3. The summed E-state index contributed by atoms with van der Waals surface area (Å²) in [6.45, 7) is 4.52. The van der Waals surface area contributed by atoms with E-state index in [2.05, 4.69) is 5.32 Å². The van der Waals surface area contributed by atoms with Gasteiger partial charge in [0.1, 0.15) is 5.75 Å². The smallest absolute Gasteiger partial charge is 0.251 e. The maximum Gasteiger partial charge on any atom is 0.251 e. The Labute approximate surface area is 102 Å². The molecule has 1 aromatic carbocycles. The maximum atomic E-state index is 11.9. The molecular formula is C13H20N2O2. The quantitative estimate of drug-likeness (QED) is 0.812. The first kappa shape index (κ1) is 13.5. The number of carbonyl (C=O) groups excluding carboxylic acids is 1. The Balaban J connectivity index is 2.69. The fourth-order valence-electron chi connectivity index (χ4n) is 1.40. The van der Waals surface area contributed by atoms with Crippen molar-refractivity contribution in [2.45, 2.75) is 19.9 Å². The van der Waals surface area contributed by atoms with Crippen LogP contribution in [0.3, 0.4) is 0 Å². The number of amides is 1. The molecular weight excluding hydrogens is 216 g/mol. The van der Waals surface area contributed by atoms with E-state index in [0.29, 0.717) is 17.9 Å². The first-order valence-electron chi connectivity index (χ1n) is 5.73. The maximum absolute atomic E-state index is 11.9. The van der Waals surface area contributed by atoms with E-state index in [4.69, 9.17) is 10.5 Å². The molecule has 0 saturated heterocycles. The van der Waals surface area contributed by atoms with Crippen LogP contribution in [0.5, 0.6) is 5.75 Å². The number of benzene rings is 1. The van der Waals surface area contributed by atoms with Crippen LogP contribution in [0.25, 0.3) is 0 Å². The van der Waals surface area contributed by atoms with Crippen molar-refractivity contribution in [1.29, 1.82) is 0 Å². The minimum atomic E-state index is -0.100. The van der Waals surface area contributed by atoms with Gasteiger partial charge in [-0.05, 0) is 37.6 Å². The van der Waals surface area contributed by atoms with Crippen molar-refractivity contribution in [3.05, 3.63) is 29.8 Å². The van der Waals surface area contributed by atoms with Crippen molar-refractivity contribution in [2.24, 2.45) is 11.7 Å². The molecule has 0 aliphatic rings. The van der Waals surface area contributed by atoms with E-state index in [9.17, 15) is 4.79 Å². The molecule has 2 atom stereocenters. The minimum absolute atomic E-state index is 0.0544. The zero-order valence-corrected chi connectivity index (χ0v) is 10.6. The molecule has 0 aliphatic heterocycles. The van der Waals surface area contributed by atoms with Crippen LogP contribution in [0, 0.1) is 5.92 Å². The monoisotopic (exact) mass is 236 g/mol. The van der Waals surface area contributed by atoms with Gasteiger partial charge < -0.3 is 15.8 Å². The molecule has 17 heavy (non-hydrogen) atoms. The summed E-state index contributed by atoms with van der Waals surface area (Å²) >= 11 is 0. The zero-order valence-electron chi connectivity index (χ0n) is 10.6. The van der Waals surface area contributed by atoms with Gasteiger partial charge >= 0.3 is 0 Å². The highest BCUT2D eigenvalue weighted by Gasteiger charge is 2.14. The molecule has 4 heteroatoms. The summed E-state index contributed by atoms with van der Waals surface area (Å²) in [5, 5.41) is 2.92. The van der Waals surface area contributed by atoms with Crippen molar-refractivity contribution in [2.75, 3.05) is 13.7 Å². The number of nitrogens with one attached hydrogen (secondary N) is 1. The van der Waals surface area contributed by atoms with Gasteiger partial charge in [0, 0.05) is 11.6 Å². The lowest BCUT2D eigenvalue weighted by Gasteiger charge is -2.19. The van der Waals surface area contributed by atoms with Crippen molar-refractivity contribution >= 4 is 5.91 Å². The summed E-state index contributed by atoms with van der Waals surface area (Å²) in [5.74, 6) is 0.832. The van der Waals surface area contributed by atoms with E-state index in [1.807, 2.05) is 19.9 Å². The number of nitrogens with two attached hydrogens (primary N) is 1. The van der Waals surface area contributed by atoms with Gasteiger partial charge in [0.2, 0.25) is 0 Å². The molecule has 0 aromatic heterocycles. The highest BCUT2D eigenvalue weighted by Crippen LogP contribution is 2.13. The van der Waals surface area contributed by atoms with Crippen LogP contribution in [-0.4, -0.2) is 25.6 Å². The molecule has 94 valence electrons. The third-order valence-corrected chi connectivity index (χ3v) is 2.92. The lowest BCUT2D eigenvalue weighted by Crippen LogP contribution is -2.39. The molecule has 0 aliphatic carbocycles. The summed E-state index contributed by atoms with van der Waals surface area (Å²) in [4.78, 5) is 11.9. The average Bonchev–Trinajstić information content (AvgIpc) is 2.37. The van der Waals surface area contributed by atoms with Crippen LogP contribution in [-0.2, 0) is 0 Å². The first-order valence-corrected chi connectivity index (χ1v) is 5.73. The van der Waals surface area contributed by atoms with Gasteiger partial charge in [0.15, 0.2) is 0 Å². The van der Waals surface area contributed by atoms with Gasteiger partial charge in [-0.1, -0.05) is 13.0 Å². The number of carbonyl (C=O) groups is 1. The Kier molecular flexibility index (Phi) is 4.97. The molecule has 4 nitrogen and oxygen atoms in total. The van der Waals surface area contributed by atoms with E-state index in [-0.39, 0.29) is 17.9 Å². The van der Waals surface area contributed by atoms with Crippen LogP contribution in [0.4, 0.5) is 0 Å². The molecule has 1 aromatic rings. The van der Waals surface area contributed by atoms with E-state index >= 15 is 0 Å². The standard InChI is InChI=1S/C13H20N2O2/c1-9(8-14)10(2)15-13(16)11-5-4-6-12(7-11)17-3/h4-7,9-10H,8,14H2,1-3H3,(H,15,16). The summed E-state index contributed by atoms with van der Waals surface area (Å²) < 4.78 is 5.08. The predicted octanol–water partition coefficient (Wildman–Crippen LogP) is 1.41. The molecule has 0 fully saturated rings. The summed E-state index contributed by atoms with van der Waals surface area (Å²) in [6.07, 6.45) is 0. The van der Waals surface area contributed by atoms with Crippen LogP contribution in [0.1, 0.15) is 24.2 Å². The topological polar surface area (TPSA) is 64.3 Å². The second-order valence-electron chi connectivity index (χ2n) is 4.21. The van der Waals surface area contributed by atoms with Crippen LogP contribution < -0.4 is 15.8 Å². The molecule has 0 radical (unpaired) electrons. The molecule has 0 saturated carbocycles. The Morgan fingerprint density at radius 2 is 2.18 bits per heavy atom. The van der Waals surface area contributed by atoms with Crippen LogP contribution >= 0.6 is 0 Å². The molecule has 0 heterocycles. The molecule has 0 spiro atoms. The average molecular weight is 236 g/mol. The van der Waals surface area contributed by atoms with Gasteiger partial charge in [-0.3, -0.25) is 4.79 Å². The molecule has 0 bridgehead atoms. The number of rotatable bonds is 5. The number of ether oxygens (including phenoxy) is 1. The Bertz CT molecular complexity index is 379. The fourth-order valence-corrected chi connectivity index (χ4v) is 1.40. The minimum Gasteiger partial charge on any atom is -0.497 e. The van der Waals surface area contributed by atoms with Crippen molar-refractivity contribution in [3.63, 3.8) is 0 Å². The molecule has 1 rings (SSSR count). The fraction of sp³-hybridized carbons (Fsp3) is 0.462. The number of methoxy groups -OCH3 is 1. The summed E-state index contributed by atoms with van der Waals surface area (Å²) in [7, 11) is 1.58. The van der Waals surface area contributed by atoms with E-state index < -0.39 is 0 Å². The molecule has 1 amide bonds. The Morgan fingerprint density at radius 3 is 2.76 bits per heavy atom. The van der Waals surface area contributed by atoms with E-state index in [1.165, 1.54) is 0 Å². The van der Waals surface area contributed by atoms with Crippen LogP contribution in [0.2, 0.25) is 0 Å². The highest BCUT2D eigenvalue weighted by molar-refractivity contribution is 5.94.